The van der Waals surface area contributed by atoms with Gasteiger partial charge in [0.2, 0.25) is 0 Å². The molecule has 102 valence electrons. The van der Waals surface area contributed by atoms with Gasteiger partial charge in [-0.3, -0.25) is 0 Å². The Balaban J connectivity index is 1.88. The standard InChI is InChI=1S/C16H13Cl2NO/c1-10-5-4-6-11(16(10)18)12(17)9-15-19-13-7-2-3-8-14(13)20-15/h2-8,12H,9H2,1H3. The van der Waals surface area contributed by atoms with Crippen LogP contribution in [-0.2, 0) is 6.42 Å². The van der Waals surface area contributed by atoms with Crippen molar-refractivity contribution in [1.29, 1.82) is 0 Å². The summed E-state index contributed by atoms with van der Waals surface area (Å²) in [7, 11) is 0. The first-order valence-corrected chi connectivity index (χ1v) is 7.20. The summed E-state index contributed by atoms with van der Waals surface area (Å²) in [5, 5.41) is 0.457. The molecule has 20 heavy (non-hydrogen) atoms. The zero-order chi connectivity index (χ0) is 14.1. The average molecular weight is 306 g/mol. The number of fused-ring (bicyclic) bond motifs is 1. The van der Waals surface area contributed by atoms with Crippen LogP contribution in [0.5, 0.6) is 0 Å². The highest BCUT2D eigenvalue weighted by atomic mass is 35.5. The minimum atomic E-state index is -0.254. The minimum Gasteiger partial charge on any atom is -0.441 e. The molecule has 3 aromatic rings. The Bertz CT molecular complexity index is 718. The predicted molar refractivity (Wildman–Crippen MR) is 82.5 cm³/mol. The Morgan fingerprint density at radius 3 is 2.75 bits per heavy atom. The molecular weight excluding hydrogens is 293 g/mol. The van der Waals surface area contributed by atoms with Crippen LogP contribution in [0, 0.1) is 6.92 Å². The fourth-order valence-electron chi connectivity index (χ4n) is 2.18. The van der Waals surface area contributed by atoms with Crippen LogP contribution in [0.15, 0.2) is 46.9 Å². The van der Waals surface area contributed by atoms with E-state index >= 15 is 0 Å². The van der Waals surface area contributed by atoms with Gasteiger partial charge in [0.05, 0.1) is 5.38 Å². The van der Waals surface area contributed by atoms with Crippen LogP contribution >= 0.6 is 23.2 Å². The first-order valence-electron chi connectivity index (χ1n) is 6.38. The second-order valence-electron chi connectivity index (χ2n) is 4.73. The monoisotopic (exact) mass is 305 g/mol. The molecule has 0 radical (unpaired) electrons. The number of hydrogen-bond acceptors (Lipinski definition) is 2. The number of oxazole rings is 1. The Morgan fingerprint density at radius 1 is 1.15 bits per heavy atom. The van der Waals surface area contributed by atoms with Crippen molar-refractivity contribution in [3.05, 3.63) is 64.5 Å². The number of alkyl halides is 1. The molecule has 0 aliphatic rings. The molecule has 1 aromatic heterocycles. The lowest BCUT2D eigenvalue weighted by molar-refractivity contribution is 0.525. The predicted octanol–water partition coefficient (Wildman–Crippen LogP) is 5.31. The number of rotatable bonds is 3. The molecule has 0 bridgehead atoms. The van der Waals surface area contributed by atoms with Gasteiger partial charge in [0, 0.05) is 11.4 Å². The van der Waals surface area contributed by atoms with Gasteiger partial charge in [0.25, 0.3) is 0 Å². The summed E-state index contributed by atoms with van der Waals surface area (Å²) >= 11 is 12.8. The summed E-state index contributed by atoms with van der Waals surface area (Å²) in [5.74, 6) is 0.628. The van der Waals surface area contributed by atoms with Crippen molar-refractivity contribution < 1.29 is 4.42 Å². The fourth-order valence-corrected chi connectivity index (χ4v) is 2.81. The van der Waals surface area contributed by atoms with Gasteiger partial charge < -0.3 is 4.42 Å². The molecule has 1 atom stereocenters. The molecule has 0 amide bonds. The summed E-state index contributed by atoms with van der Waals surface area (Å²) in [5.41, 5.74) is 3.56. The third-order valence-electron chi connectivity index (χ3n) is 3.25. The van der Waals surface area contributed by atoms with Crippen molar-refractivity contribution in [3.63, 3.8) is 0 Å². The van der Waals surface area contributed by atoms with Gasteiger partial charge >= 0.3 is 0 Å². The van der Waals surface area contributed by atoms with E-state index in [0.29, 0.717) is 17.3 Å². The van der Waals surface area contributed by atoms with Crippen LogP contribution < -0.4 is 0 Å². The van der Waals surface area contributed by atoms with Crippen molar-refractivity contribution in [1.82, 2.24) is 4.98 Å². The maximum Gasteiger partial charge on any atom is 0.197 e. The number of nitrogens with zero attached hydrogens (tertiary/aromatic N) is 1. The molecule has 2 aromatic carbocycles. The summed E-state index contributed by atoms with van der Waals surface area (Å²) in [6.45, 7) is 1.97. The van der Waals surface area contributed by atoms with Gasteiger partial charge in [-0.05, 0) is 30.2 Å². The van der Waals surface area contributed by atoms with Crippen molar-refractivity contribution in [2.24, 2.45) is 0 Å². The number of aromatic nitrogens is 1. The molecule has 3 rings (SSSR count). The molecule has 1 unspecified atom stereocenters. The second kappa shape index (κ2) is 5.47. The van der Waals surface area contributed by atoms with Gasteiger partial charge in [-0.15, -0.1) is 11.6 Å². The molecule has 4 heteroatoms. The normalized spacial score (nSPS) is 12.8. The van der Waals surface area contributed by atoms with E-state index in [1.165, 1.54) is 0 Å². The highest BCUT2D eigenvalue weighted by molar-refractivity contribution is 6.33. The molecule has 0 spiro atoms. The Kier molecular flexibility index (Phi) is 3.68. The van der Waals surface area contributed by atoms with Crippen LogP contribution in [0.4, 0.5) is 0 Å². The van der Waals surface area contributed by atoms with Gasteiger partial charge in [0.15, 0.2) is 11.5 Å². The molecule has 2 nitrogen and oxygen atoms in total. The maximum absolute atomic E-state index is 6.46. The van der Waals surface area contributed by atoms with Gasteiger partial charge in [-0.1, -0.05) is 41.9 Å². The largest absolute Gasteiger partial charge is 0.441 e. The van der Waals surface area contributed by atoms with E-state index in [1.54, 1.807) is 0 Å². The van der Waals surface area contributed by atoms with Crippen LogP contribution in [0.2, 0.25) is 5.02 Å². The van der Waals surface area contributed by atoms with Crippen molar-refractivity contribution in [2.45, 2.75) is 18.7 Å². The van der Waals surface area contributed by atoms with Gasteiger partial charge in [-0.2, -0.15) is 0 Å². The van der Waals surface area contributed by atoms with Crippen LogP contribution in [-0.4, -0.2) is 4.98 Å². The number of aryl methyl sites for hydroxylation is 1. The zero-order valence-corrected chi connectivity index (χ0v) is 12.4. The second-order valence-corrected chi connectivity index (χ2v) is 5.63. The molecule has 0 fully saturated rings. The highest BCUT2D eigenvalue weighted by Crippen LogP contribution is 2.33. The minimum absolute atomic E-state index is 0.254. The summed E-state index contributed by atoms with van der Waals surface area (Å²) in [6.07, 6.45) is 0.513. The highest BCUT2D eigenvalue weighted by Gasteiger charge is 2.17. The number of benzene rings is 2. The van der Waals surface area contributed by atoms with Gasteiger partial charge in [-0.25, -0.2) is 4.98 Å². The zero-order valence-electron chi connectivity index (χ0n) is 10.9. The smallest absolute Gasteiger partial charge is 0.197 e. The molecule has 0 N–H and O–H groups in total. The third kappa shape index (κ3) is 2.54. The summed E-state index contributed by atoms with van der Waals surface area (Å²) < 4.78 is 5.69. The van der Waals surface area contributed by atoms with Crippen molar-refractivity contribution in [3.8, 4) is 0 Å². The Hall–Kier alpha value is -1.51. The quantitative estimate of drug-likeness (QED) is 0.613. The lowest BCUT2D eigenvalue weighted by Gasteiger charge is -2.11. The average Bonchev–Trinajstić information content (AvgIpc) is 2.83. The molecule has 0 saturated carbocycles. The van der Waals surface area contributed by atoms with E-state index in [-0.39, 0.29) is 5.38 Å². The lowest BCUT2D eigenvalue weighted by Crippen LogP contribution is -1.98. The molecule has 0 aliphatic heterocycles. The summed E-state index contributed by atoms with van der Waals surface area (Å²) in [4.78, 5) is 4.44. The van der Waals surface area contributed by atoms with Crippen LogP contribution in [0.25, 0.3) is 11.1 Å². The van der Waals surface area contributed by atoms with E-state index in [1.807, 2.05) is 49.4 Å². The van der Waals surface area contributed by atoms with Crippen molar-refractivity contribution in [2.75, 3.05) is 0 Å². The van der Waals surface area contributed by atoms with E-state index < -0.39 is 0 Å². The lowest BCUT2D eigenvalue weighted by atomic mass is 10.1. The number of hydrogen-bond donors (Lipinski definition) is 0. The fraction of sp³-hybridized carbons (Fsp3) is 0.188. The van der Waals surface area contributed by atoms with Gasteiger partial charge in [0.1, 0.15) is 5.52 Å². The molecular formula is C16H13Cl2NO. The van der Waals surface area contributed by atoms with Crippen LogP contribution in [0.1, 0.15) is 22.4 Å². The van der Waals surface area contributed by atoms with Crippen LogP contribution in [0.3, 0.4) is 0 Å². The van der Waals surface area contributed by atoms with Crippen molar-refractivity contribution >= 4 is 34.3 Å². The van der Waals surface area contributed by atoms with E-state index in [0.717, 1.165) is 22.2 Å². The number of halogens is 2. The third-order valence-corrected chi connectivity index (χ3v) is 4.16. The summed E-state index contributed by atoms with van der Waals surface area (Å²) in [6, 6.07) is 13.5. The molecule has 0 aliphatic carbocycles. The maximum atomic E-state index is 6.46. The van der Waals surface area contributed by atoms with E-state index in [4.69, 9.17) is 27.6 Å². The molecule has 0 saturated heterocycles. The first kappa shape index (κ1) is 13.5. The SMILES string of the molecule is Cc1cccc(C(Cl)Cc2nc3ccccc3o2)c1Cl. The molecule has 1 heterocycles. The first-order chi connectivity index (χ1) is 9.65. The Labute approximate surface area is 127 Å². The topological polar surface area (TPSA) is 26.0 Å². The van der Waals surface area contributed by atoms with E-state index in [9.17, 15) is 0 Å². The number of para-hydroxylation sites is 2. The Morgan fingerprint density at radius 2 is 1.95 bits per heavy atom. The van der Waals surface area contributed by atoms with E-state index in [2.05, 4.69) is 4.98 Å².